The number of aryl methyl sites for hydroxylation is 2. The van der Waals surface area contributed by atoms with Crippen molar-refractivity contribution in [1.29, 1.82) is 0 Å². The van der Waals surface area contributed by atoms with Crippen LogP contribution in [0.25, 0.3) is 11.4 Å². The van der Waals surface area contributed by atoms with Gasteiger partial charge in [-0.1, -0.05) is 0 Å². The molecule has 0 radical (unpaired) electrons. The third-order valence-corrected chi connectivity index (χ3v) is 5.69. The van der Waals surface area contributed by atoms with E-state index in [0.29, 0.717) is 5.41 Å². The van der Waals surface area contributed by atoms with Crippen LogP contribution in [-0.2, 0) is 13.5 Å². The lowest BCUT2D eigenvalue weighted by atomic mass is 9.57. The zero-order valence-corrected chi connectivity index (χ0v) is 14.0. The van der Waals surface area contributed by atoms with Gasteiger partial charge < -0.3 is 5.32 Å². The minimum Gasteiger partial charge on any atom is -0.317 e. The van der Waals surface area contributed by atoms with E-state index in [1.165, 1.54) is 38.8 Å². The number of hydrogen-bond donors (Lipinski definition) is 1. The highest BCUT2D eigenvalue weighted by atomic mass is 15.3. The lowest BCUT2D eigenvalue weighted by Crippen LogP contribution is -2.46. The second-order valence-electron chi connectivity index (χ2n) is 7.44. The van der Waals surface area contributed by atoms with Gasteiger partial charge in [0.1, 0.15) is 5.69 Å². The maximum absolute atomic E-state index is 4.47. The first-order chi connectivity index (χ1) is 11.2. The molecule has 1 saturated carbocycles. The molecule has 5 nitrogen and oxygen atoms in total. The Labute approximate surface area is 137 Å². The van der Waals surface area contributed by atoms with Crippen LogP contribution < -0.4 is 5.32 Å². The average Bonchev–Trinajstić information content (AvgIpc) is 2.87. The number of nitrogens with one attached hydrogen (secondary N) is 1. The summed E-state index contributed by atoms with van der Waals surface area (Å²) in [5, 5.41) is 16.7. The maximum atomic E-state index is 4.47. The van der Waals surface area contributed by atoms with Crippen LogP contribution in [0, 0.1) is 18.3 Å². The molecule has 1 saturated heterocycles. The Kier molecular flexibility index (Phi) is 3.68. The van der Waals surface area contributed by atoms with Gasteiger partial charge in [0, 0.05) is 7.05 Å². The Morgan fingerprint density at radius 2 is 2.00 bits per heavy atom. The van der Waals surface area contributed by atoms with Gasteiger partial charge in [-0.05, 0) is 81.1 Å². The molecule has 2 aromatic heterocycles. The van der Waals surface area contributed by atoms with Crippen LogP contribution >= 0.6 is 0 Å². The fourth-order valence-corrected chi connectivity index (χ4v) is 4.48. The molecule has 2 aliphatic rings. The first-order valence-electron chi connectivity index (χ1n) is 8.68. The smallest absolute Gasteiger partial charge is 0.111 e. The van der Waals surface area contributed by atoms with Gasteiger partial charge in [0.15, 0.2) is 0 Å². The summed E-state index contributed by atoms with van der Waals surface area (Å²) in [6.45, 7) is 4.46. The second-order valence-corrected chi connectivity index (χ2v) is 7.44. The van der Waals surface area contributed by atoms with E-state index in [-0.39, 0.29) is 0 Å². The van der Waals surface area contributed by atoms with Crippen molar-refractivity contribution in [2.45, 2.75) is 39.0 Å². The van der Waals surface area contributed by atoms with Crippen LogP contribution in [0.15, 0.2) is 18.3 Å². The maximum Gasteiger partial charge on any atom is 0.111 e. The molecule has 1 aliphatic heterocycles. The van der Waals surface area contributed by atoms with E-state index >= 15 is 0 Å². The summed E-state index contributed by atoms with van der Waals surface area (Å²) in [6, 6.07) is 4.23. The van der Waals surface area contributed by atoms with Crippen molar-refractivity contribution >= 4 is 0 Å². The van der Waals surface area contributed by atoms with Crippen LogP contribution in [0.4, 0.5) is 0 Å². The summed E-state index contributed by atoms with van der Waals surface area (Å²) in [5.41, 5.74) is 4.88. The Morgan fingerprint density at radius 3 is 2.61 bits per heavy atom. The van der Waals surface area contributed by atoms with Gasteiger partial charge in [-0.2, -0.15) is 10.2 Å². The van der Waals surface area contributed by atoms with E-state index in [9.17, 15) is 0 Å². The molecule has 0 unspecified atom stereocenters. The molecule has 1 aliphatic carbocycles. The number of nitrogens with zero attached hydrogens (tertiary/aromatic N) is 4. The lowest BCUT2D eigenvalue weighted by Gasteiger charge is -2.50. The molecular weight excluding hydrogens is 286 g/mol. The molecular formula is C18H25N5. The van der Waals surface area contributed by atoms with Crippen molar-refractivity contribution in [2.75, 3.05) is 13.1 Å². The molecule has 0 amide bonds. The molecule has 0 bridgehead atoms. The molecule has 5 heteroatoms. The largest absolute Gasteiger partial charge is 0.317 e. The predicted octanol–water partition coefficient (Wildman–Crippen LogP) is 2.51. The van der Waals surface area contributed by atoms with Crippen LogP contribution in [0.5, 0.6) is 0 Å². The summed E-state index contributed by atoms with van der Waals surface area (Å²) in [7, 11) is 1.95. The normalized spacial score (nSPS) is 20.6. The van der Waals surface area contributed by atoms with Crippen LogP contribution in [-0.4, -0.2) is 33.1 Å². The highest BCUT2D eigenvalue weighted by Gasteiger charge is 2.44. The molecule has 2 aromatic rings. The zero-order chi connectivity index (χ0) is 15.9. The van der Waals surface area contributed by atoms with Crippen molar-refractivity contribution in [1.82, 2.24) is 25.3 Å². The van der Waals surface area contributed by atoms with E-state index in [0.717, 1.165) is 35.0 Å². The minimum absolute atomic E-state index is 0.648. The third kappa shape index (κ3) is 2.78. The Balaban J connectivity index is 1.40. The quantitative estimate of drug-likeness (QED) is 0.946. The summed E-state index contributed by atoms with van der Waals surface area (Å²) in [4.78, 5) is 0. The summed E-state index contributed by atoms with van der Waals surface area (Å²) >= 11 is 0. The molecule has 4 rings (SSSR count). The van der Waals surface area contributed by atoms with E-state index in [2.05, 4.69) is 39.7 Å². The first kappa shape index (κ1) is 14.8. The van der Waals surface area contributed by atoms with Gasteiger partial charge in [-0.25, -0.2) is 0 Å². The van der Waals surface area contributed by atoms with Crippen molar-refractivity contribution in [3.8, 4) is 11.4 Å². The highest BCUT2D eigenvalue weighted by Crippen LogP contribution is 2.52. The lowest BCUT2D eigenvalue weighted by molar-refractivity contribution is 0.0215. The number of rotatable bonds is 3. The molecule has 0 aromatic carbocycles. The fourth-order valence-electron chi connectivity index (χ4n) is 4.48. The standard InChI is InChI=1S/C18H25N5/c1-13-12-20-23(2)17(13)16-4-3-15(21-22-16)9-14-10-18(11-14)5-7-19-8-6-18/h3-4,12,14,19H,5-11H2,1-2H3. The molecule has 1 N–H and O–H groups in total. The van der Waals surface area contributed by atoms with Crippen LogP contribution in [0.1, 0.15) is 36.9 Å². The zero-order valence-electron chi connectivity index (χ0n) is 14.0. The molecule has 23 heavy (non-hydrogen) atoms. The minimum atomic E-state index is 0.648. The molecule has 3 heterocycles. The third-order valence-electron chi connectivity index (χ3n) is 5.69. The van der Waals surface area contributed by atoms with Crippen LogP contribution in [0.3, 0.4) is 0 Å². The fraction of sp³-hybridized carbons (Fsp3) is 0.611. The Hall–Kier alpha value is -1.75. The Morgan fingerprint density at radius 1 is 1.22 bits per heavy atom. The monoisotopic (exact) mass is 311 g/mol. The Bertz CT molecular complexity index is 654. The van der Waals surface area contributed by atoms with Crippen molar-refractivity contribution in [3.63, 3.8) is 0 Å². The molecule has 122 valence electrons. The molecule has 1 spiro atoms. The van der Waals surface area contributed by atoms with Gasteiger partial charge in [-0.3, -0.25) is 4.68 Å². The second kappa shape index (κ2) is 5.71. The average molecular weight is 311 g/mol. The van der Waals surface area contributed by atoms with Crippen molar-refractivity contribution in [3.05, 3.63) is 29.6 Å². The molecule has 2 fully saturated rings. The number of hydrogen-bond acceptors (Lipinski definition) is 4. The summed E-state index contributed by atoms with van der Waals surface area (Å²) in [6.07, 6.45) is 8.41. The molecule has 0 atom stereocenters. The first-order valence-corrected chi connectivity index (χ1v) is 8.68. The van der Waals surface area contributed by atoms with E-state index < -0.39 is 0 Å². The van der Waals surface area contributed by atoms with Gasteiger partial charge in [0.25, 0.3) is 0 Å². The topological polar surface area (TPSA) is 55.6 Å². The summed E-state index contributed by atoms with van der Waals surface area (Å²) in [5.74, 6) is 0.798. The van der Waals surface area contributed by atoms with E-state index in [1.807, 2.05) is 17.9 Å². The van der Waals surface area contributed by atoms with Gasteiger partial charge in [0.2, 0.25) is 0 Å². The number of aromatic nitrogens is 4. The van der Waals surface area contributed by atoms with E-state index in [4.69, 9.17) is 0 Å². The highest BCUT2D eigenvalue weighted by molar-refractivity contribution is 5.57. The summed E-state index contributed by atoms with van der Waals surface area (Å²) < 4.78 is 1.87. The van der Waals surface area contributed by atoms with Gasteiger partial charge in [-0.15, -0.1) is 5.10 Å². The number of piperidine rings is 1. The SMILES string of the molecule is Cc1cnn(C)c1-c1ccc(CC2CC3(CCNCC3)C2)nn1. The van der Waals surface area contributed by atoms with Crippen molar-refractivity contribution < 1.29 is 0 Å². The van der Waals surface area contributed by atoms with Crippen molar-refractivity contribution in [2.24, 2.45) is 18.4 Å². The van der Waals surface area contributed by atoms with Gasteiger partial charge >= 0.3 is 0 Å². The van der Waals surface area contributed by atoms with E-state index in [1.54, 1.807) is 0 Å². The predicted molar refractivity (Wildman–Crippen MR) is 89.9 cm³/mol. The van der Waals surface area contributed by atoms with Gasteiger partial charge in [0.05, 0.1) is 17.6 Å². The van der Waals surface area contributed by atoms with Crippen LogP contribution in [0.2, 0.25) is 0 Å².